The average molecular weight is 431 g/mol. The summed E-state index contributed by atoms with van der Waals surface area (Å²) in [4.78, 5) is 12.2. The fourth-order valence-electron chi connectivity index (χ4n) is 2.59. The third kappa shape index (κ3) is 5.41. The minimum Gasteiger partial charge on any atom is -0.497 e. The van der Waals surface area contributed by atoms with Gasteiger partial charge in [-0.25, -0.2) is 9.18 Å². The molecule has 2 amide bonds. The van der Waals surface area contributed by atoms with E-state index in [1.807, 2.05) is 0 Å². The molecule has 152 valence electrons. The zero-order valence-electron chi connectivity index (χ0n) is 15.6. The Labute approximate surface area is 172 Å². The van der Waals surface area contributed by atoms with Gasteiger partial charge < -0.3 is 25.2 Å². The second-order valence-corrected chi connectivity index (χ2v) is 6.80. The average Bonchev–Trinajstić information content (AvgIpc) is 2.68. The van der Waals surface area contributed by atoms with Gasteiger partial charge >= 0.3 is 6.03 Å². The molecule has 0 aliphatic heterocycles. The summed E-state index contributed by atoms with van der Waals surface area (Å²) in [6.45, 7) is 1.57. The van der Waals surface area contributed by atoms with Gasteiger partial charge in [-0.05, 0) is 42.8 Å². The molecule has 2 unspecified atom stereocenters. The minimum absolute atomic E-state index is 0.0786. The normalized spacial score (nSPS) is 12.8. The van der Waals surface area contributed by atoms with Gasteiger partial charge in [0.05, 0.1) is 25.3 Å². The van der Waals surface area contributed by atoms with Gasteiger partial charge in [0.25, 0.3) is 0 Å². The van der Waals surface area contributed by atoms with Gasteiger partial charge in [0, 0.05) is 17.1 Å². The quantitative estimate of drug-likeness (QED) is 0.573. The van der Waals surface area contributed by atoms with Crippen LogP contribution in [0, 0.1) is 5.82 Å². The van der Waals surface area contributed by atoms with E-state index in [0.717, 1.165) is 0 Å². The Morgan fingerprint density at radius 3 is 2.50 bits per heavy atom. The molecule has 0 bridgehead atoms. The fraction of sp³-hybridized carbons (Fsp3) is 0.316. The summed E-state index contributed by atoms with van der Waals surface area (Å²) < 4.78 is 24.0. The van der Waals surface area contributed by atoms with E-state index >= 15 is 0 Å². The van der Waals surface area contributed by atoms with Crippen molar-refractivity contribution in [3.05, 3.63) is 57.3 Å². The number of ether oxygens (including phenoxy) is 2. The maximum atomic E-state index is 13.7. The number of methoxy groups -OCH3 is 2. The Morgan fingerprint density at radius 1 is 1.14 bits per heavy atom. The number of carbonyl (C=O) groups is 1. The Balaban J connectivity index is 2.00. The van der Waals surface area contributed by atoms with E-state index in [4.69, 9.17) is 32.7 Å². The first-order valence-corrected chi connectivity index (χ1v) is 9.11. The molecular weight excluding hydrogens is 410 g/mol. The van der Waals surface area contributed by atoms with Crippen LogP contribution in [0.3, 0.4) is 0 Å². The molecule has 0 aliphatic rings. The zero-order valence-corrected chi connectivity index (χ0v) is 17.1. The Morgan fingerprint density at radius 2 is 1.86 bits per heavy atom. The first-order valence-electron chi connectivity index (χ1n) is 8.35. The molecule has 0 heterocycles. The number of halogens is 3. The molecule has 9 heteroatoms. The summed E-state index contributed by atoms with van der Waals surface area (Å²) >= 11 is 11.7. The first kappa shape index (κ1) is 22.1. The Kier molecular flexibility index (Phi) is 7.74. The summed E-state index contributed by atoms with van der Waals surface area (Å²) in [5.74, 6) is 0.385. The van der Waals surface area contributed by atoms with E-state index in [1.165, 1.54) is 26.4 Å². The van der Waals surface area contributed by atoms with Crippen LogP contribution in [-0.4, -0.2) is 31.9 Å². The number of rotatable bonds is 7. The number of hydrogen-bond donors (Lipinski definition) is 3. The standard InChI is InChI=1S/C19H21Cl2FN2O4/c1-10(12-7-16(22)15(21)8-14(12)20)24-19(26)23-9-17(25)13-6-11(27-2)4-5-18(13)28-3/h4-8,10,17,25H,9H2,1-3H3,(H2,23,24,26). The molecular formula is C19H21Cl2FN2O4. The van der Waals surface area contributed by atoms with E-state index in [-0.39, 0.29) is 16.6 Å². The van der Waals surface area contributed by atoms with Crippen LogP contribution >= 0.6 is 23.2 Å². The molecule has 28 heavy (non-hydrogen) atoms. The summed E-state index contributed by atoms with van der Waals surface area (Å²) in [5, 5.41) is 15.7. The third-order valence-electron chi connectivity index (χ3n) is 4.11. The molecule has 0 aromatic heterocycles. The van der Waals surface area contributed by atoms with Gasteiger partial charge in [0.15, 0.2) is 0 Å². The molecule has 0 saturated carbocycles. The van der Waals surface area contributed by atoms with E-state index in [0.29, 0.717) is 22.6 Å². The van der Waals surface area contributed by atoms with Crippen LogP contribution in [0.4, 0.5) is 9.18 Å². The molecule has 2 atom stereocenters. The van der Waals surface area contributed by atoms with Crippen molar-refractivity contribution in [2.24, 2.45) is 0 Å². The molecule has 0 radical (unpaired) electrons. The van der Waals surface area contributed by atoms with Crippen LogP contribution in [0.15, 0.2) is 30.3 Å². The van der Waals surface area contributed by atoms with Crippen molar-refractivity contribution in [2.45, 2.75) is 19.1 Å². The zero-order chi connectivity index (χ0) is 20.8. The molecule has 2 rings (SSSR count). The maximum absolute atomic E-state index is 13.7. The van der Waals surface area contributed by atoms with Crippen LogP contribution in [0.2, 0.25) is 10.0 Å². The summed E-state index contributed by atoms with van der Waals surface area (Å²) in [7, 11) is 2.99. The lowest BCUT2D eigenvalue weighted by Gasteiger charge is -2.19. The van der Waals surface area contributed by atoms with Gasteiger partial charge in [0.1, 0.15) is 23.4 Å². The van der Waals surface area contributed by atoms with Crippen LogP contribution in [0.25, 0.3) is 0 Å². The topological polar surface area (TPSA) is 79.8 Å². The van der Waals surface area contributed by atoms with Crippen LogP contribution in [0.5, 0.6) is 11.5 Å². The molecule has 6 nitrogen and oxygen atoms in total. The molecule has 0 fully saturated rings. The molecule has 2 aromatic carbocycles. The predicted octanol–water partition coefficient (Wildman–Crippen LogP) is 4.24. The number of nitrogens with one attached hydrogen (secondary N) is 2. The fourth-order valence-corrected chi connectivity index (χ4v) is 3.14. The van der Waals surface area contributed by atoms with E-state index in [1.54, 1.807) is 25.1 Å². The molecule has 0 spiro atoms. The SMILES string of the molecule is COc1ccc(OC)c(C(O)CNC(=O)NC(C)c2cc(F)c(Cl)cc2Cl)c1. The van der Waals surface area contributed by atoms with Crippen LogP contribution in [0.1, 0.15) is 30.2 Å². The number of benzene rings is 2. The molecule has 0 saturated heterocycles. The van der Waals surface area contributed by atoms with Gasteiger partial charge in [-0.1, -0.05) is 23.2 Å². The van der Waals surface area contributed by atoms with Gasteiger partial charge in [0.2, 0.25) is 0 Å². The van der Waals surface area contributed by atoms with E-state index < -0.39 is 24.0 Å². The highest BCUT2D eigenvalue weighted by Crippen LogP contribution is 2.30. The van der Waals surface area contributed by atoms with Crippen molar-refractivity contribution in [3.63, 3.8) is 0 Å². The minimum atomic E-state index is -1.03. The van der Waals surface area contributed by atoms with Crippen LogP contribution in [-0.2, 0) is 0 Å². The number of amides is 2. The predicted molar refractivity (Wildman–Crippen MR) is 106 cm³/mol. The van der Waals surface area contributed by atoms with E-state index in [2.05, 4.69) is 10.6 Å². The lowest BCUT2D eigenvalue weighted by Crippen LogP contribution is -2.39. The Hall–Kier alpha value is -2.22. The highest BCUT2D eigenvalue weighted by Gasteiger charge is 2.18. The van der Waals surface area contributed by atoms with Crippen molar-refractivity contribution in [1.29, 1.82) is 0 Å². The highest BCUT2D eigenvalue weighted by molar-refractivity contribution is 6.35. The van der Waals surface area contributed by atoms with Crippen molar-refractivity contribution >= 4 is 29.2 Å². The van der Waals surface area contributed by atoms with Gasteiger partial charge in [-0.3, -0.25) is 0 Å². The van der Waals surface area contributed by atoms with Crippen molar-refractivity contribution < 1.29 is 23.8 Å². The second kappa shape index (κ2) is 9.82. The summed E-state index contributed by atoms with van der Waals surface area (Å²) in [6.07, 6.45) is -1.03. The van der Waals surface area contributed by atoms with Crippen LogP contribution < -0.4 is 20.1 Å². The second-order valence-electron chi connectivity index (χ2n) is 5.99. The summed E-state index contributed by atoms with van der Waals surface area (Å²) in [5.41, 5.74) is 0.853. The van der Waals surface area contributed by atoms with Gasteiger partial charge in [-0.15, -0.1) is 0 Å². The monoisotopic (exact) mass is 430 g/mol. The van der Waals surface area contributed by atoms with Crippen molar-refractivity contribution in [3.8, 4) is 11.5 Å². The molecule has 2 aromatic rings. The Bertz CT molecular complexity index is 851. The third-order valence-corrected chi connectivity index (χ3v) is 4.72. The molecule has 0 aliphatic carbocycles. The maximum Gasteiger partial charge on any atom is 0.315 e. The number of carbonyl (C=O) groups excluding carboxylic acids is 1. The van der Waals surface area contributed by atoms with E-state index in [9.17, 15) is 14.3 Å². The largest absolute Gasteiger partial charge is 0.497 e. The number of aliphatic hydroxyl groups excluding tert-OH is 1. The smallest absolute Gasteiger partial charge is 0.315 e. The first-order chi connectivity index (χ1) is 13.3. The van der Waals surface area contributed by atoms with Crippen molar-refractivity contribution in [1.82, 2.24) is 10.6 Å². The number of urea groups is 1. The van der Waals surface area contributed by atoms with Crippen molar-refractivity contribution in [2.75, 3.05) is 20.8 Å². The lowest BCUT2D eigenvalue weighted by atomic mass is 10.1. The highest BCUT2D eigenvalue weighted by atomic mass is 35.5. The number of aliphatic hydroxyl groups is 1. The lowest BCUT2D eigenvalue weighted by molar-refractivity contribution is 0.168. The summed E-state index contributed by atoms with van der Waals surface area (Å²) in [6, 6.07) is 6.31. The van der Waals surface area contributed by atoms with Gasteiger partial charge in [-0.2, -0.15) is 0 Å². The number of hydrogen-bond acceptors (Lipinski definition) is 4. The molecule has 3 N–H and O–H groups in total.